The van der Waals surface area contributed by atoms with Crippen LogP contribution in [0.2, 0.25) is 0 Å². The Hall–Kier alpha value is -0.810. The van der Waals surface area contributed by atoms with Crippen molar-refractivity contribution < 1.29 is 5.11 Å². The molecule has 1 unspecified atom stereocenters. The number of rotatable bonds is 1. The SMILES string of the molecule is CC1(O)CCCN(c2c(N)cncc2Br)C1. The molecule has 4 nitrogen and oxygen atoms in total. The van der Waals surface area contributed by atoms with Crippen LogP contribution in [-0.4, -0.2) is 28.8 Å². The maximum atomic E-state index is 10.1. The minimum Gasteiger partial charge on any atom is -0.396 e. The minimum atomic E-state index is -0.632. The first-order chi connectivity index (χ1) is 7.49. The molecule has 0 amide bonds. The van der Waals surface area contributed by atoms with Crippen LogP contribution in [0.3, 0.4) is 0 Å². The second kappa shape index (κ2) is 4.22. The molecule has 1 fully saturated rings. The van der Waals surface area contributed by atoms with E-state index >= 15 is 0 Å². The molecule has 2 heterocycles. The lowest BCUT2D eigenvalue weighted by Crippen LogP contribution is -2.46. The van der Waals surface area contributed by atoms with E-state index in [9.17, 15) is 5.11 Å². The summed E-state index contributed by atoms with van der Waals surface area (Å²) in [5.74, 6) is 0. The van der Waals surface area contributed by atoms with Gasteiger partial charge in [-0.15, -0.1) is 0 Å². The molecule has 1 aliphatic heterocycles. The number of hydrogen-bond acceptors (Lipinski definition) is 4. The summed E-state index contributed by atoms with van der Waals surface area (Å²) >= 11 is 3.45. The second-order valence-corrected chi connectivity index (χ2v) is 5.44. The molecule has 0 radical (unpaired) electrons. The van der Waals surface area contributed by atoms with Crippen molar-refractivity contribution in [1.82, 2.24) is 4.98 Å². The van der Waals surface area contributed by atoms with Crippen LogP contribution in [0, 0.1) is 0 Å². The van der Waals surface area contributed by atoms with Crippen LogP contribution < -0.4 is 10.6 Å². The van der Waals surface area contributed by atoms with Gasteiger partial charge in [0.1, 0.15) is 0 Å². The van der Waals surface area contributed by atoms with Gasteiger partial charge in [-0.2, -0.15) is 0 Å². The Morgan fingerprint density at radius 3 is 2.94 bits per heavy atom. The van der Waals surface area contributed by atoms with Crippen molar-refractivity contribution in [2.24, 2.45) is 0 Å². The monoisotopic (exact) mass is 285 g/mol. The molecule has 1 aliphatic rings. The normalized spacial score (nSPS) is 25.8. The number of pyridine rings is 1. The predicted octanol–water partition coefficient (Wildman–Crippen LogP) is 1.78. The molecule has 88 valence electrons. The first-order valence-electron chi connectivity index (χ1n) is 5.36. The summed E-state index contributed by atoms with van der Waals surface area (Å²) in [6.45, 7) is 3.40. The zero-order chi connectivity index (χ0) is 11.8. The average molecular weight is 286 g/mol. The zero-order valence-electron chi connectivity index (χ0n) is 9.28. The number of piperidine rings is 1. The van der Waals surface area contributed by atoms with Gasteiger partial charge >= 0.3 is 0 Å². The molecular formula is C11H16BrN3O. The Morgan fingerprint density at radius 2 is 2.31 bits per heavy atom. The number of nitrogen functional groups attached to an aromatic ring is 1. The van der Waals surface area contributed by atoms with Crippen molar-refractivity contribution in [3.8, 4) is 0 Å². The van der Waals surface area contributed by atoms with Crippen LogP contribution in [0.5, 0.6) is 0 Å². The molecule has 3 N–H and O–H groups in total. The topological polar surface area (TPSA) is 62.4 Å². The lowest BCUT2D eigenvalue weighted by Gasteiger charge is -2.39. The van der Waals surface area contributed by atoms with E-state index in [2.05, 4.69) is 25.8 Å². The second-order valence-electron chi connectivity index (χ2n) is 4.58. The molecule has 0 bridgehead atoms. The number of aliphatic hydroxyl groups is 1. The van der Waals surface area contributed by atoms with E-state index in [1.54, 1.807) is 12.4 Å². The van der Waals surface area contributed by atoms with Gasteiger partial charge in [0.15, 0.2) is 0 Å². The van der Waals surface area contributed by atoms with Crippen molar-refractivity contribution in [2.75, 3.05) is 23.7 Å². The van der Waals surface area contributed by atoms with Gasteiger partial charge in [0, 0.05) is 19.3 Å². The van der Waals surface area contributed by atoms with Gasteiger partial charge in [-0.3, -0.25) is 4.98 Å². The van der Waals surface area contributed by atoms with Crippen LogP contribution in [0.1, 0.15) is 19.8 Å². The summed E-state index contributed by atoms with van der Waals surface area (Å²) in [4.78, 5) is 6.13. The van der Waals surface area contributed by atoms with E-state index in [0.29, 0.717) is 12.2 Å². The summed E-state index contributed by atoms with van der Waals surface area (Å²) in [6, 6.07) is 0. The number of anilines is 2. The third-order valence-corrected chi connectivity index (χ3v) is 3.47. The van der Waals surface area contributed by atoms with Crippen LogP contribution in [-0.2, 0) is 0 Å². The first-order valence-corrected chi connectivity index (χ1v) is 6.15. The van der Waals surface area contributed by atoms with Crippen LogP contribution in [0.25, 0.3) is 0 Å². The average Bonchev–Trinajstić information content (AvgIpc) is 2.15. The van der Waals surface area contributed by atoms with Gasteiger partial charge < -0.3 is 15.7 Å². The predicted molar refractivity (Wildman–Crippen MR) is 68.4 cm³/mol. The largest absolute Gasteiger partial charge is 0.396 e. The maximum absolute atomic E-state index is 10.1. The minimum absolute atomic E-state index is 0.611. The van der Waals surface area contributed by atoms with Gasteiger partial charge in [0.25, 0.3) is 0 Å². The molecule has 5 heteroatoms. The fourth-order valence-electron chi connectivity index (χ4n) is 2.19. The summed E-state index contributed by atoms with van der Waals surface area (Å²) in [5, 5.41) is 10.1. The van der Waals surface area contributed by atoms with E-state index in [0.717, 1.165) is 29.5 Å². The molecule has 1 saturated heterocycles. The molecule has 16 heavy (non-hydrogen) atoms. The number of hydrogen-bond donors (Lipinski definition) is 2. The van der Waals surface area contributed by atoms with Gasteiger partial charge in [0.05, 0.1) is 27.6 Å². The molecule has 1 aromatic rings. The molecule has 0 aromatic carbocycles. The molecule has 1 aromatic heterocycles. The Balaban J connectivity index is 2.30. The first kappa shape index (κ1) is 11.7. The number of halogens is 1. The molecule has 0 aliphatic carbocycles. The fourth-order valence-corrected chi connectivity index (χ4v) is 2.79. The Kier molecular flexibility index (Phi) is 3.08. The molecule has 1 atom stereocenters. The van der Waals surface area contributed by atoms with Crippen molar-refractivity contribution in [3.05, 3.63) is 16.9 Å². The highest BCUT2D eigenvalue weighted by Crippen LogP contribution is 2.34. The van der Waals surface area contributed by atoms with Gasteiger partial charge in [0.2, 0.25) is 0 Å². The Morgan fingerprint density at radius 1 is 1.56 bits per heavy atom. The maximum Gasteiger partial charge on any atom is 0.0794 e. The highest BCUT2D eigenvalue weighted by Gasteiger charge is 2.30. The lowest BCUT2D eigenvalue weighted by atomic mass is 9.95. The Labute approximate surface area is 104 Å². The van der Waals surface area contributed by atoms with Crippen molar-refractivity contribution in [3.63, 3.8) is 0 Å². The van der Waals surface area contributed by atoms with Crippen molar-refractivity contribution >= 4 is 27.3 Å². The molecule has 2 rings (SSSR count). The molecule has 0 saturated carbocycles. The van der Waals surface area contributed by atoms with Crippen LogP contribution in [0.4, 0.5) is 11.4 Å². The third kappa shape index (κ3) is 2.30. The van der Waals surface area contributed by atoms with E-state index in [1.807, 2.05) is 6.92 Å². The number of aromatic nitrogens is 1. The smallest absolute Gasteiger partial charge is 0.0794 e. The van der Waals surface area contributed by atoms with E-state index < -0.39 is 5.60 Å². The zero-order valence-corrected chi connectivity index (χ0v) is 10.9. The highest BCUT2D eigenvalue weighted by atomic mass is 79.9. The van der Waals surface area contributed by atoms with E-state index in [4.69, 9.17) is 5.73 Å². The lowest BCUT2D eigenvalue weighted by molar-refractivity contribution is 0.0449. The quantitative estimate of drug-likeness (QED) is 0.826. The summed E-state index contributed by atoms with van der Waals surface area (Å²) in [6.07, 6.45) is 5.19. The standard InChI is InChI=1S/C11H16BrN3O/c1-11(16)3-2-4-15(7-11)10-8(12)5-14-6-9(10)13/h5-6,16H,2-4,7,13H2,1H3. The molecular weight excluding hydrogens is 270 g/mol. The number of β-amino-alcohol motifs (C(OH)–C–C–N with tert-alkyl or cyclic N) is 1. The van der Waals surface area contributed by atoms with E-state index in [1.165, 1.54) is 0 Å². The van der Waals surface area contributed by atoms with Crippen LogP contribution >= 0.6 is 15.9 Å². The number of nitrogens with zero attached hydrogens (tertiary/aromatic N) is 2. The van der Waals surface area contributed by atoms with Crippen molar-refractivity contribution in [1.29, 1.82) is 0 Å². The number of nitrogens with two attached hydrogens (primary N) is 1. The highest BCUT2D eigenvalue weighted by molar-refractivity contribution is 9.10. The third-order valence-electron chi connectivity index (χ3n) is 2.89. The van der Waals surface area contributed by atoms with Crippen molar-refractivity contribution in [2.45, 2.75) is 25.4 Å². The van der Waals surface area contributed by atoms with Gasteiger partial charge in [-0.05, 0) is 35.7 Å². The van der Waals surface area contributed by atoms with E-state index in [-0.39, 0.29) is 0 Å². The Bertz CT molecular complexity index is 375. The van der Waals surface area contributed by atoms with Gasteiger partial charge in [-0.1, -0.05) is 0 Å². The fraction of sp³-hybridized carbons (Fsp3) is 0.545. The molecule has 0 spiro atoms. The van der Waals surface area contributed by atoms with Gasteiger partial charge in [-0.25, -0.2) is 0 Å². The summed E-state index contributed by atoms with van der Waals surface area (Å²) in [7, 11) is 0. The summed E-state index contributed by atoms with van der Waals surface area (Å²) < 4.78 is 0.880. The van der Waals surface area contributed by atoms with Crippen LogP contribution in [0.15, 0.2) is 16.9 Å². The summed E-state index contributed by atoms with van der Waals surface area (Å²) in [5.41, 5.74) is 6.88.